The number of piperidine rings is 1. The van der Waals surface area contributed by atoms with Crippen molar-refractivity contribution in [2.45, 2.75) is 64.5 Å². The molecule has 4 heteroatoms. The summed E-state index contributed by atoms with van der Waals surface area (Å²) in [5.41, 5.74) is 4.87. The quantitative estimate of drug-likeness (QED) is 0.860. The van der Waals surface area contributed by atoms with E-state index in [1.807, 2.05) is 11.0 Å². The summed E-state index contributed by atoms with van der Waals surface area (Å²) in [4.78, 5) is 21.4. The van der Waals surface area contributed by atoms with Crippen molar-refractivity contribution in [2.75, 3.05) is 19.6 Å². The lowest BCUT2D eigenvalue weighted by Crippen LogP contribution is -2.38. The van der Waals surface area contributed by atoms with E-state index in [1.165, 1.54) is 54.4 Å². The number of likely N-dealkylation sites (tertiary alicyclic amines) is 1. The third-order valence-corrected chi connectivity index (χ3v) is 7.16. The van der Waals surface area contributed by atoms with Gasteiger partial charge in [-0.3, -0.25) is 9.69 Å². The Balaban J connectivity index is 1.42. The first-order chi connectivity index (χ1) is 13.2. The van der Waals surface area contributed by atoms with E-state index in [4.69, 9.17) is 0 Å². The summed E-state index contributed by atoms with van der Waals surface area (Å²) in [6, 6.07) is 7.05. The van der Waals surface area contributed by atoms with Gasteiger partial charge in [0.25, 0.3) is 5.91 Å². The predicted molar refractivity (Wildman–Crippen MR) is 109 cm³/mol. The van der Waals surface area contributed by atoms with Gasteiger partial charge in [-0.2, -0.15) is 0 Å². The van der Waals surface area contributed by atoms with Gasteiger partial charge in [0.15, 0.2) is 0 Å². The highest BCUT2D eigenvalue weighted by Crippen LogP contribution is 2.33. The molecule has 3 heterocycles. The Morgan fingerprint density at radius 1 is 1.07 bits per heavy atom. The molecule has 5 rings (SSSR count). The van der Waals surface area contributed by atoms with E-state index in [0.717, 1.165) is 56.4 Å². The van der Waals surface area contributed by atoms with Crippen molar-refractivity contribution < 1.29 is 4.79 Å². The van der Waals surface area contributed by atoms with Crippen molar-refractivity contribution in [3.05, 3.63) is 35.0 Å². The molecule has 1 aromatic heterocycles. The van der Waals surface area contributed by atoms with Crippen LogP contribution in [0.2, 0.25) is 0 Å². The van der Waals surface area contributed by atoms with E-state index in [-0.39, 0.29) is 5.91 Å². The molecular formula is C23H31N3O. The molecule has 0 bridgehead atoms. The third-order valence-electron chi connectivity index (χ3n) is 7.16. The molecule has 4 nitrogen and oxygen atoms in total. The molecule has 2 fully saturated rings. The Morgan fingerprint density at radius 3 is 2.63 bits per heavy atom. The molecular weight excluding hydrogens is 334 g/mol. The van der Waals surface area contributed by atoms with Crippen molar-refractivity contribution >= 4 is 16.8 Å². The van der Waals surface area contributed by atoms with Gasteiger partial charge in [0.1, 0.15) is 0 Å². The zero-order valence-electron chi connectivity index (χ0n) is 16.5. The first kappa shape index (κ1) is 17.3. The first-order valence-electron chi connectivity index (χ1n) is 10.9. The second-order valence-corrected chi connectivity index (χ2v) is 8.98. The second-order valence-electron chi connectivity index (χ2n) is 8.98. The van der Waals surface area contributed by atoms with Crippen LogP contribution in [0, 0.1) is 5.92 Å². The maximum absolute atomic E-state index is 13.0. The van der Waals surface area contributed by atoms with Crippen LogP contribution in [0.25, 0.3) is 10.9 Å². The molecule has 27 heavy (non-hydrogen) atoms. The van der Waals surface area contributed by atoms with E-state index in [1.54, 1.807) is 0 Å². The highest BCUT2D eigenvalue weighted by atomic mass is 16.2. The number of aromatic nitrogens is 1. The number of aromatic amines is 1. The van der Waals surface area contributed by atoms with Crippen molar-refractivity contribution in [3.63, 3.8) is 0 Å². The van der Waals surface area contributed by atoms with Gasteiger partial charge in [0, 0.05) is 60.8 Å². The molecule has 1 saturated heterocycles. The van der Waals surface area contributed by atoms with Crippen molar-refractivity contribution in [2.24, 2.45) is 5.92 Å². The smallest absolute Gasteiger partial charge is 0.253 e. The average Bonchev–Trinajstić information content (AvgIpc) is 3.35. The topological polar surface area (TPSA) is 39.3 Å². The van der Waals surface area contributed by atoms with E-state index < -0.39 is 0 Å². The monoisotopic (exact) mass is 365 g/mol. The highest BCUT2D eigenvalue weighted by molar-refractivity contribution is 5.99. The number of hydrogen-bond acceptors (Lipinski definition) is 2. The van der Waals surface area contributed by atoms with Gasteiger partial charge in [-0.25, -0.2) is 0 Å². The van der Waals surface area contributed by atoms with Crippen LogP contribution in [-0.4, -0.2) is 46.4 Å². The molecule has 0 unspecified atom stereocenters. The largest absolute Gasteiger partial charge is 0.358 e. The minimum Gasteiger partial charge on any atom is -0.358 e. The summed E-state index contributed by atoms with van der Waals surface area (Å²) in [6.07, 6.45) is 8.84. The second kappa shape index (κ2) is 6.97. The SMILES string of the molecule is CC1CCN(C(=O)c2ccc3[nH]c4c(c3c2)CN(C2CCCC2)CC4)CC1. The van der Waals surface area contributed by atoms with Crippen LogP contribution in [0.15, 0.2) is 18.2 Å². The average molecular weight is 366 g/mol. The number of benzene rings is 1. The van der Waals surface area contributed by atoms with Gasteiger partial charge < -0.3 is 9.88 Å². The Labute approximate surface area is 161 Å². The summed E-state index contributed by atoms with van der Waals surface area (Å²) >= 11 is 0. The number of H-pyrrole nitrogens is 1. The van der Waals surface area contributed by atoms with Crippen LogP contribution in [-0.2, 0) is 13.0 Å². The molecule has 1 aliphatic carbocycles. The molecule has 3 aliphatic rings. The maximum Gasteiger partial charge on any atom is 0.253 e. The number of amides is 1. The number of nitrogens with one attached hydrogen (secondary N) is 1. The molecule has 2 aromatic rings. The molecule has 1 aromatic carbocycles. The fraction of sp³-hybridized carbons (Fsp3) is 0.609. The number of nitrogens with zero attached hydrogens (tertiary/aromatic N) is 2. The van der Waals surface area contributed by atoms with Gasteiger partial charge >= 0.3 is 0 Å². The first-order valence-corrected chi connectivity index (χ1v) is 10.9. The number of fused-ring (bicyclic) bond motifs is 3. The lowest BCUT2D eigenvalue weighted by Gasteiger charge is -2.32. The fourth-order valence-corrected chi connectivity index (χ4v) is 5.34. The molecule has 0 atom stereocenters. The summed E-state index contributed by atoms with van der Waals surface area (Å²) < 4.78 is 0. The Kier molecular flexibility index (Phi) is 4.47. The van der Waals surface area contributed by atoms with Crippen LogP contribution in [0.1, 0.15) is 67.1 Å². The highest BCUT2D eigenvalue weighted by Gasteiger charge is 2.28. The normalized spacial score (nSPS) is 22.5. The van der Waals surface area contributed by atoms with E-state index >= 15 is 0 Å². The summed E-state index contributed by atoms with van der Waals surface area (Å²) in [7, 11) is 0. The Hall–Kier alpha value is -1.81. The van der Waals surface area contributed by atoms with E-state index in [2.05, 4.69) is 28.9 Å². The Bertz CT molecular complexity index is 841. The molecule has 0 spiro atoms. The van der Waals surface area contributed by atoms with Crippen LogP contribution in [0.5, 0.6) is 0 Å². The summed E-state index contributed by atoms with van der Waals surface area (Å²) in [5.74, 6) is 0.956. The number of carbonyl (C=O) groups excluding carboxylic acids is 1. The van der Waals surface area contributed by atoms with Crippen LogP contribution < -0.4 is 0 Å². The molecule has 144 valence electrons. The predicted octanol–water partition coefficient (Wildman–Crippen LogP) is 4.34. The van der Waals surface area contributed by atoms with Crippen molar-refractivity contribution in [1.82, 2.24) is 14.8 Å². The van der Waals surface area contributed by atoms with Gasteiger partial charge in [-0.1, -0.05) is 19.8 Å². The van der Waals surface area contributed by atoms with Crippen LogP contribution >= 0.6 is 0 Å². The fourth-order valence-electron chi connectivity index (χ4n) is 5.34. The number of carbonyl (C=O) groups is 1. The molecule has 2 aliphatic heterocycles. The summed E-state index contributed by atoms with van der Waals surface area (Å²) in [5, 5.41) is 1.27. The van der Waals surface area contributed by atoms with E-state index in [0.29, 0.717) is 0 Å². The minimum absolute atomic E-state index is 0.210. The van der Waals surface area contributed by atoms with Gasteiger partial charge in [-0.15, -0.1) is 0 Å². The van der Waals surface area contributed by atoms with E-state index in [9.17, 15) is 4.79 Å². The third kappa shape index (κ3) is 3.18. The maximum atomic E-state index is 13.0. The molecule has 1 saturated carbocycles. The van der Waals surface area contributed by atoms with Gasteiger partial charge in [0.05, 0.1) is 0 Å². The zero-order valence-corrected chi connectivity index (χ0v) is 16.5. The number of hydrogen-bond donors (Lipinski definition) is 1. The zero-order chi connectivity index (χ0) is 18.4. The standard InChI is InChI=1S/C23H31N3O/c1-16-8-11-25(12-9-16)23(27)17-6-7-21-19(14-17)20-15-26(13-10-22(20)24-21)18-4-2-3-5-18/h6-7,14,16,18,24H,2-5,8-13,15H2,1H3. The minimum atomic E-state index is 0.210. The lowest BCUT2D eigenvalue weighted by molar-refractivity contribution is 0.0697. The van der Waals surface area contributed by atoms with Crippen molar-refractivity contribution in [1.29, 1.82) is 0 Å². The van der Waals surface area contributed by atoms with Crippen LogP contribution in [0.3, 0.4) is 0 Å². The van der Waals surface area contributed by atoms with Gasteiger partial charge in [-0.05, 0) is 55.4 Å². The van der Waals surface area contributed by atoms with Crippen molar-refractivity contribution in [3.8, 4) is 0 Å². The lowest BCUT2D eigenvalue weighted by atomic mass is 9.98. The molecule has 0 radical (unpaired) electrons. The number of rotatable bonds is 2. The Morgan fingerprint density at radius 2 is 1.85 bits per heavy atom. The molecule has 1 N–H and O–H groups in total. The van der Waals surface area contributed by atoms with Crippen LogP contribution in [0.4, 0.5) is 0 Å². The molecule has 1 amide bonds. The van der Waals surface area contributed by atoms with Gasteiger partial charge in [0.2, 0.25) is 0 Å². The summed E-state index contributed by atoms with van der Waals surface area (Å²) in [6.45, 7) is 6.30.